The molecule has 0 aromatic heterocycles. The summed E-state index contributed by atoms with van der Waals surface area (Å²) in [6, 6.07) is 15.3. The van der Waals surface area contributed by atoms with Crippen molar-refractivity contribution < 1.29 is 9.90 Å². The second kappa shape index (κ2) is 4.45. The fourth-order valence-corrected chi connectivity index (χ4v) is 3.15. The van der Waals surface area contributed by atoms with Gasteiger partial charge < -0.3 is 5.11 Å². The third-order valence-corrected chi connectivity index (χ3v) is 4.22. The number of Topliss-reactive ketones (excluding diaryl/α,β-unsaturated/α-hetero) is 1. The molecule has 0 radical (unpaired) electrons. The summed E-state index contributed by atoms with van der Waals surface area (Å²) in [5.74, 6) is 0.115. The van der Waals surface area contributed by atoms with Gasteiger partial charge in [0.15, 0.2) is 5.78 Å². The molecule has 0 heterocycles. The summed E-state index contributed by atoms with van der Waals surface area (Å²) >= 11 is 0. The van der Waals surface area contributed by atoms with Crippen LogP contribution in [0.3, 0.4) is 0 Å². The molecule has 2 nitrogen and oxygen atoms in total. The second-order valence-electron chi connectivity index (χ2n) is 5.52. The highest BCUT2D eigenvalue weighted by Gasteiger charge is 2.25. The zero-order chi connectivity index (χ0) is 14.4. The topological polar surface area (TPSA) is 40.1 Å². The second-order valence-corrected chi connectivity index (χ2v) is 5.52. The Morgan fingerprint density at radius 2 is 1.48 bits per heavy atom. The summed E-state index contributed by atoms with van der Waals surface area (Å²) in [4.78, 5) is 12.4. The first-order chi connectivity index (χ1) is 10.2. The molecule has 0 amide bonds. The Morgan fingerprint density at radius 3 is 2.14 bits per heavy atom. The number of carbonyl (C=O) groups excluding carboxylic acids is 1. The van der Waals surface area contributed by atoms with E-state index in [4.69, 9.17) is 0 Å². The van der Waals surface area contributed by atoms with Crippen LogP contribution in [-0.4, -0.2) is 5.78 Å². The number of benzene rings is 2. The summed E-state index contributed by atoms with van der Waals surface area (Å²) in [5.41, 5.74) is 5.11. The van der Waals surface area contributed by atoms with Crippen molar-refractivity contribution in [1.82, 2.24) is 0 Å². The molecule has 0 aliphatic heterocycles. The van der Waals surface area contributed by atoms with E-state index in [0.717, 1.165) is 33.4 Å². The predicted octanol–water partition coefficient (Wildman–Crippen LogP) is 2.68. The molecule has 102 valence electrons. The van der Waals surface area contributed by atoms with Crippen molar-refractivity contribution >= 4 is 11.5 Å². The van der Waals surface area contributed by atoms with Gasteiger partial charge >= 0.3 is 0 Å². The van der Waals surface area contributed by atoms with Crippen LogP contribution in [0.2, 0.25) is 0 Å². The minimum Gasteiger partial charge on any atom is -0.872 e. The summed E-state index contributed by atoms with van der Waals surface area (Å²) < 4.78 is 0. The van der Waals surface area contributed by atoms with Gasteiger partial charge in [0.05, 0.1) is 0 Å². The standard InChI is InChI=1S/C19H14O2/c20-18-14(9-12-5-1-3-7-16(12)18)11-15-10-13-6-2-4-8-17(13)19(15)21/h1-8,11,20H,9-10H2/p-1/b15-11+. The first kappa shape index (κ1) is 12.2. The van der Waals surface area contributed by atoms with Crippen LogP contribution in [0.4, 0.5) is 0 Å². The fraction of sp³-hybridized carbons (Fsp3) is 0.105. The van der Waals surface area contributed by atoms with Gasteiger partial charge in [-0.15, -0.1) is 0 Å². The number of allylic oxidation sites excluding steroid dienone is 3. The van der Waals surface area contributed by atoms with Crippen LogP contribution in [0, 0.1) is 0 Å². The highest BCUT2D eigenvalue weighted by Crippen LogP contribution is 2.33. The van der Waals surface area contributed by atoms with Crippen molar-refractivity contribution in [2.75, 3.05) is 0 Å². The number of hydrogen-bond acceptors (Lipinski definition) is 2. The first-order valence-electron chi connectivity index (χ1n) is 7.05. The molecule has 0 atom stereocenters. The largest absolute Gasteiger partial charge is 0.872 e. The third-order valence-electron chi connectivity index (χ3n) is 4.22. The molecule has 0 spiro atoms. The van der Waals surface area contributed by atoms with E-state index in [2.05, 4.69) is 0 Å². The quantitative estimate of drug-likeness (QED) is 0.749. The third kappa shape index (κ3) is 1.83. The Hall–Kier alpha value is -2.61. The Morgan fingerprint density at radius 1 is 0.857 bits per heavy atom. The molecule has 2 aliphatic carbocycles. The molecular weight excluding hydrogens is 260 g/mol. The summed E-state index contributed by atoms with van der Waals surface area (Å²) in [7, 11) is 0. The number of fused-ring (bicyclic) bond motifs is 2. The van der Waals surface area contributed by atoms with E-state index in [-0.39, 0.29) is 11.5 Å². The van der Waals surface area contributed by atoms with Crippen LogP contribution in [0.25, 0.3) is 5.76 Å². The van der Waals surface area contributed by atoms with Crippen LogP contribution in [0.15, 0.2) is 65.8 Å². The van der Waals surface area contributed by atoms with Gasteiger partial charge in [-0.3, -0.25) is 4.79 Å². The van der Waals surface area contributed by atoms with E-state index in [1.165, 1.54) is 0 Å². The minimum atomic E-state index is 0.0573. The van der Waals surface area contributed by atoms with E-state index >= 15 is 0 Å². The van der Waals surface area contributed by atoms with Crippen molar-refractivity contribution in [2.24, 2.45) is 0 Å². The van der Waals surface area contributed by atoms with Crippen molar-refractivity contribution in [3.8, 4) is 0 Å². The zero-order valence-electron chi connectivity index (χ0n) is 11.4. The molecule has 0 fully saturated rings. The van der Waals surface area contributed by atoms with Gasteiger partial charge in [-0.1, -0.05) is 65.9 Å². The van der Waals surface area contributed by atoms with E-state index in [9.17, 15) is 9.90 Å². The summed E-state index contributed by atoms with van der Waals surface area (Å²) in [6.07, 6.45) is 3.06. The lowest BCUT2D eigenvalue weighted by Gasteiger charge is -2.10. The Bertz CT molecular complexity index is 825. The van der Waals surface area contributed by atoms with Crippen molar-refractivity contribution in [3.05, 3.63) is 88.0 Å². The molecule has 21 heavy (non-hydrogen) atoms. The Kier molecular flexibility index (Phi) is 2.58. The van der Waals surface area contributed by atoms with Crippen LogP contribution < -0.4 is 5.11 Å². The minimum absolute atomic E-state index is 0.0573. The highest BCUT2D eigenvalue weighted by molar-refractivity contribution is 6.13. The summed E-state index contributed by atoms with van der Waals surface area (Å²) in [5, 5.41) is 12.4. The van der Waals surface area contributed by atoms with Gasteiger partial charge in [-0.05, 0) is 23.1 Å². The van der Waals surface area contributed by atoms with Crippen LogP contribution >= 0.6 is 0 Å². The maximum absolute atomic E-state index is 12.4. The molecular formula is C19H13O2-. The lowest BCUT2D eigenvalue weighted by molar-refractivity contribution is -0.244. The molecule has 0 unspecified atom stereocenters. The van der Waals surface area contributed by atoms with E-state index in [1.807, 2.05) is 54.6 Å². The maximum Gasteiger partial charge on any atom is 0.189 e. The van der Waals surface area contributed by atoms with Crippen molar-refractivity contribution in [3.63, 3.8) is 0 Å². The SMILES string of the molecule is O=C1/C(=C/C2=C([O-])c3ccccc3C2)Cc2ccccc21. The lowest BCUT2D eigenvalue weighted by Crippen LogP contribution is -2.03. The maximum atomic E-state index is 12.4. The van der Waals surface area contributed by atoms with Gasteiger partial charge in [0.25, 0.3) is 0 Å². The predicted molar refractivity (Wildman–Crippen MR) is 79.6 cm³/mol. The Labute approximate surface area is 123 Å². The van der Waals surface area contributed by atoms with Crippen LogP contribution in [0.5, 0.6) is 0 Å². The van der Waals surface area contributed by atoms with Gasteiger partial charge in [-0.25, -0.2) is 0 Å². The number of ketones is 1. The molecule has 4 rings (SSSR count). The summed E-state index contributed by atoms with van der Waals surface area (Å²) in [6.45, 7) is 0. The average molecular weight is 273 g/mol. The zero-order valence-corrected chi connectivity index (χ0v) is 11.4. The van der Waals surface area contributed by atoms with Gasteiger partial charge in [0.2, 0.25) is 0 Å². The number of rotatable bonds is 1. The molecule has 0 saturated carbocycles. The molecule has 2 aromatic carbocycles. The lowest BCUT2D eigenvalue weighted by atomic mass is 10.1. The van der Waals surface area contributed by atoms with Gasteiger partial charge in [0.1, 0.15) is 0 Å². The smallest absolute Gasteiger partial charge is 0.189 e. The van der Waals surface area contributed by atoms with Gasteiger partial charge in [-0.2, -0.15) is 0 Å². The van der Waals surface area contributed by atoms with Crippen molar-refractivity contribution in [1.29, 1.82) is 0 Å². The first-order valence-corrected chi connectivity index (χ1v) is 7.05. The molecule has 0 bridgehead atoms. The van der Waals surface area contributed by atoms with E-state index in [0.29, 0.717) is 12.8 Å². The van der Waals surface area contributed by atoms with Gasteiger partial charge in [0, 0.05) is 17.6 Å². The number of hydrogen-bond donors (Lipinski definition) is 0. The normalized spacial score (nSPS) is 18.3. The van der Waals surface area contributed by atoms with E-state index < -0.39 is 0 Å². The average Bonchev–Trinajstić information content (AvgIpc) is 2.99. The Balaban J connectivity index is 1.73. The molecule has 0 N–H and O–H groups in total. The van der Waals surface area contributed by atoms with Crippen molar-refractivity contribution in [2.45, 2.75) is 12.8 Å². The fourth-order valence-electron chi connectivity index (χ4n) is 3.15. The highest BCUT2D eigenvalue weighted by atomic mass is 16.3. The molecule has 2 aromatic rings. The number of carbonyl (C=O) groups is 1. The van der Waals surface area contributed by atoms with E-state index in [1.54, 1.807) is 0 Å². The van der Waals surface area contributed by atoms with Crippen LogP contribution in [0.1, 0.15) is 27.0 Å². The molecule has 0 saturated heterocycles. The molecule has 2 heteroatoms. The molecule has 2 aliphatic rings. The van der Waals surface area contributed by atoms with Crippen LogP contribution in [-0.2, 0) is 12.8 Å². The monoisotopic (exact) mass is 273 g/mol.